The normalized spacial score (nSPS) is 11.9. The van der Waals surface area contributed by atoms with Crippen molar-refractivity contribution in [2.45, 2.75) is 32.8 Å². The van der Waals surface area contributed by atoms with Crippen LogP contribution in [0.1, 0.15) is 31.3 Å². The Balaban J connectivity index is 1.56. The van der Waals surface area contributed by atoms with Gasteiger partial charge in [0.1, 0.15) is 12.4 Å². The highest BCUT2D eigenvalue weighted by Crippen LogP contribution is 2.27. The standard InChI is InChI=1S/C20H19ClN4OS/c1-20(2,3)14-6-4-13(5-7-14)18-22-23-19-25(18)24-17(27-19)12-26-16-10-8-15(21)9-11-16/h4-11H,12H2,1-3H3. The van der Waals surface area contributed by atoms with Gasteiger partial charge in [0.2, 0.25) is 4.96 Å². The molecule has 0 aliphatic heterocycles. The topological polar surface area (TPSA) is 52.3 Å². The van der Waals surface area contributed by atoms with Crippen molar-refractivity contribution in [3.05, 3.63) is 64.1 Å². The number of aromatic nitrogens is 4. The van der Waals surface area contributed by atoms with Crippen molar-refractivity contribution < 1.29 is 4.74 Å². The van der Waals surface area contributed by atoms with Crippen LogP contribution in [0.25, 0.3) is 16.3 Å². The van der Waals surface area contributed by atoms with E-state index in [0.29, 0.717) is 11.6 Å². The fourth-order valence-corrected chi connectivity index (χ4v) is 3.56. The van der Waals surface area contributed by atoms with Crippen molar-refractivity contribution in [1.82, 2.24) is 19.8 Å². The lowest BCUT2D eigenvalue weighted by Gasteiger charge is -2.18. The summed E-state index contributed by atoms with van der Waals surface area (Å²) in [5, 5.41) is 14.7. The predicted octanol–water partition coefficient (Wildman–Crippen LogP) is 5.38. The molecule has 0 amide bonds. The molecule has 2 aromatic heterocycles. The maximum Gasteiger partial charge on any atom is 0.235 e. The highest BCUT2D eigenvalue weighted by atomic mass is 35.5. The first-order valence-electron chi connectivity index (χ1n) is 8.60. The van der Waals surface area contributed by atoms with E-state index < -0.39 is 0 Å². The van der Waals surface area contributed by atoms with Crippen LogP contribution in [0.15, 0.2) is 48.5 Å². The van der Waals surface area contributed by atoms with Gasteiger partial charge in [-0.25, -0.2) is 0 Å². The molecule has 0 saturated carbocycles. The maximum atomic E-state index is 5.89. The van der Waals surface area contributed by atoms with E-state index in [2.05, 4.69) is 60.3 Å². The van der Waals surface area contributed by atoms with Crippen molar-refractivity contribution >= 4 is 27.9 Å². The van der Waals surface area contributed by atoms with Crippen LogP contribution in [0.5, 0.6) is 5.75 Å². The van der Waals surface area contributed by atoms with E-state index in [0.717, 1.165) is 27.1 Å². The van der Waals surface area contributed by atoms with Crippen LogP contribution < -0.4 is 4.74 Å². The lowest BCUT2D eigenvalue weighted by molar-refractivity contribution is 0.304. The number of benzene rings is 2. The first-order chi connectivity index (χ1) is 12.9. The molecule has 0 unspecified atom stereocenters. The van der Waals surface area contributed by atoms with Crippen LogP contribution in [-0.4, -0.2) is 19.8 Å². The Morgan fingerprint density at radius 2 is 1.70 bits per heavy atom. The minimum Gasteiger partial charge on any atom is -0.486 e. The third-order valence-electron chi connectivity index (χ3n) is 4.22. The highest BCUT2D eigenvalue weighted by Gasteiger charge is 2.16. The van der Waals surface area contributed by atoms with Gasteiger partial charge in [-0.2, -0.15) is 9.61 Å². The number of nitrogens with zero attached hydrogens (tertiary/aromatic N) is 4. The molecule has 0 saturated heterocycles. The summed E-state index contributed by atoms with van der Waals surface area (Å²) in [6.07, 6.45) is 0. The molecule has 0 N–H and O–H groups in total. The van der Waals surface area contributed by atoms with Crippen LogP contribution in [0.2, 0.25) is 5.02 Å². The molecule has 7 heteroatoms. The Morgan fingerprint density at radius 3 is 2.37 bits per heavy atom. The predicted molar refractivity (Wildman–Crippen MR) is 109 cm³/mol. The molecule has 27 heavy (non-hydrogen) atoms. The van der Waals surface area contributed by atoms with Crippen LogP contribution in [0.4, 0.5) is 0 Å². The smallest absolute Gasteiger partial charge is 0.235 e. The van der Waals surface area contributed by atoms with E-state index in [9.17, 15) is 0 Å². The molecule has 0 radical (unpaired) electrons. The van der Waals surface area contributed by atoms with Gasteiger partial charge >= 0.3 is 0 Å². The first kappa shape index (κ1) is 17.9. The summed E-state index contributed by atoms with van der Waals surface area (Å²) >= 11 is 7.36. The third kappa shape index (κ3) is 3.82. The zero-order chi connectivity index (χ0) is 19.0. The van der Waals surface area contributed by atoms with E-state index in [1.807, 2.05) is 12.1 Å². The lowest BCUT2D eigenvalue weighted by Crippen LogP contribution is -2.10. The van der Waals surface area contributed by atoms with Crippen molar-refractivity contribution in [3.8, 4) is 17.1 Å². The van der Waals surface area contributed by atoms with Gasteiger partial charge in [-0.3, -0.25) is 0 Å². The van der Waals surface area contributed by atoms with Gasteiger partial charge in [-0.15, -0.1) is 10.2 Å². The summed E-state index contributed by atoms with van der Waals surface area (Å²) in [6, 6.07) is 15.7. The monoisotopic (exact) mass is 398 g/mol. The number of ether oxygens (including phenoxy) is 1. The minimum atomic E-state index is 0.117. The Hall–Kier alpha value is -2.44. The largest absolute Gasteiger partial charge is 0.486 e. The van der Waals surface area contributed by atoms with Gasteiger partial charge in [0.15, 0.2) is 10.8 Å². The van der Waals surface area contributed by atoms with Gasteiger partial charge in [0.05, 0.1) is 0 Å². The molecular formula is C20H19ClN4OS. The quantitative estimate of drug-likeness (QED) is 0.463. The van der Waals surface area contributed by atoms with Crippen molar-refractivity contribution in [2.75, 3.05) is 0 Å². The van der Waals surface area contributed by atoms with E-state index in [1.165, 1.54) is 16.9 Å². The average molecular weight is 399 g/mol. The van der Waals surface area contributed by atoms with Gasteiger partial charge in [-0.05, 0) is 35.2 Å². The summed E-state index contributed by atoms with van der Waals surface area (Å²) < 4.78 is 7.55. The Morgan fingerprint density at radius 1 is 1.00 bits per heavy atom. The van der Waals surface area contributed by atoms with Gasteiger partial charge in [-0.1, -0.05) is 68.0 Å². The molecule has 0 fully saturated rings. The van der Waals surface area contributed by atoms with Crippen LogP contribution in [-0.2, 0) is 12.0 Å². The number of rotatable bonds is 4. The second-order valence-electron chi connectivity index (χ2n) is 7.28. The molecule has 4 aromatic rings. The molecule has 0 aliphatic rings. The summed E-state index contributed by atoms with van der Waals surface area (Å²) in [5.41, 5.74) is 2.39. The first-order valence-corrected chi connectivity index (χ1v) is 9.80. The SMILES string of the molecule is CC(C)(C)c1ccc(-c2nnc3sc(COc4ccc(Cl)cc4)nn23)cc1. The minimum absolute atomic E-state index is 0.117. The van der Waals surface area contributed by atoms with Crippen LogP contribution in [0.3, 0.4) is 0 Å². The molecule has 2 aromatic carbocycles. The molecule has 138 valence electrons. The fourth-order valence-electron chi connectivity index (χ4n) is 2.69. The Kier molecular flexibility index (Phi) is 4.61. The fraction of sp³-hybridized carbons (Fsp3) is 0.250. The van der Waals surface area contributed by atoms with Crippen LogP contribution in [0, 0.1) is 0 Å². The van der Waals surface area contributed by atoms with Gasteiger partial charge in [0, 0.05) is 10.6 Å². The van der Waals surface area contributed by atoms with Crippen molar-refractivity contribution in [1.29, 1.82) is 0 Å². The second-order valence-corrected chi connectivity index (χ2v) is 8.76. The van der Waals surface area contributed by atoms with E-state index in [1.54, 1.807) is 16.6 Å². The summed E-state index contributed by atoms with van der Waals surface area (Å²) in [5.74, 6) is 1.49. The number of fused-ring (bicyclic) bond motifs is 1. The van der Waals surface area contributed by atoms with Gasteiger partial charge in [0.25, 0.3) is 0 Å². The summed E-state index contributed by atoms with van der Waals surface area (Å²) in [4.78, 5) is 0.750. The number of hydrogen-bond donors (Lipinski definition) is 0. The lowest BCUT2D eigenvalue weighted by atomic mass is 9.87. The van der Waals surface area contributed by atoms with Crippen molar-refractivity contribution in [3.63, 3.8) is 0 Å². The summed E-state index contributed by atoms with van der Waals surface area (Å²) in [7, 11) is 0. The molecule has 5 nitrogen and oxygen atoms in total. The molecule has 2 heterocycles. The number of halogens is 1. The van der Waals surface area contributed by atoms with Crippen LogP contribution >= 0.6 is 22.9 Å². The van der Waals surface area contributed by atoms with E-state index in [4.69, 9.17) is 16.3 Å². The average Bonchev–Trinajstić information content (AvgIpc) is 3.21. The molecular weight excluding hydrogens is 380 g/mol. The zero-order valence-electron chi connectivity index (χ0n) is 15.3. The third-order valence-corrected chi connectivity index (χ3v) is 5.34. The zero-order valence-corrected chi connectivity index (χ0v) is 16.9. The summed E-state index contributed by atoms with van der Waals surface area (Å²) in [6.45, 7) is 6.97. The molecule has 0 bridgehead atoms. The Bertz CT molecular complexity index is 1060. The van der Waals surface area contributed by atoms with E-state index in [-0.39, 0.29) is 5.41 Å². The molecule has 0 spiro atoms. The highest BCUT2D eigenvalue weighted by molar-refractivity contribution is 7.16. The molecule has 0 atom stereocenters. The van der Waals surface area contributed by atoms with Gasteiger partial charge < -0.3 is 4.74 Å². The maximum absolute atomic E-state index is 5.89. The number of hydrogen-bond acceptors (Lipinski definition) is 5. The molecule has 0 aliphatic carbocycles. The molecule has 4 rings (SSSR count). The van der Waals surface area contributed by atoms with Crippen molar-refractivity contribution in [2.24, 2.45) is 0 Å². The van der Waals surface area contributed by atoms with E-state index >= 15 is 0 Å². The Labute approximate surface area is 166 Å². The second kappa shape index (κ2) is 6.94.